The van der Waals surface area contributed by atoms with Gasteiger partial charge in [0, 0.05) is 24.8 Å². The lowest BCUT2D eigenvalue weighted by molar-refractivity contribution is 1.32. The fourth-order valence-corrected chi connectivity index (χ4v) is 1.28. The molecule has 0 unspecified atom stereocenters. The van der Waals surface area contributed by atoms with E-state index < -0.39 is 0 Å². The highest BCUT2D eigenvalue weighted by molar-refractivity contribution is 5.85. The number of rotatable bonds is 3. The van der Waals surface area contributed by atoms with E-state index in [4.69, 9.17) is 0 Å². The van der Waals surface area contributed by atoms with E-state index in [1.54, 1.807) is 24.8 Å². The molecule has 0 fully saturated rings. The van der Waals surface area contributed by atoms with Gasteiger partial charge in [-0.05, 0) is 35.4 Å². The third-order valence-corrected chi connectivity index (χ3v) is 2.10. The SMILES string of the molecule is C(/C=C\c1ccncc1)=C/c1ccncc1.Cl.Cl. The first kappa shape index (κ1) is 16.4. The molecule has 0 N–H and O–H groups in total. The Morgan fingerprint density at radius 3 is 1.28 bits per heavy atom. The zero-order valence-electron chi connectivity index (χ0n) is 9.64. The number of halogens is 2. The van der Waals surface area contributed by atoms with Crippen molar-refractivity contribution in [3.05, 3.63) is 72.3 Å². The smallest absolute Gasteiger partial charge is 0.0273 e. The van der Waals surface area contributed by atoms with Gasteiger partial charge in [-0.1, -0.05) is 24.3 Å². The highest BCUT2D eigenvalue weighted by Gasteiger charge is 1.82. The number of pyridine rings is 2. The summed E-state index contributed by atoms with van der Waals surface area (Å²) in [6, 6.07) is 7.88. The minimum Gasteiger partial charge on any atom is -0.265 e. The molecule has 2 aromatic heterocycles. The van der Waals surface area contributed by atoms with Crippen LogP contribution in [0.2, 0.25) is 0 Å². The van der Waals surface area contributed by atoms with E-state index in [0.717, 1.165) is 11.1 Å². The predicted molar refractivity (Wildman–Crippen MR) is 81.0 cm³/mol. The standard InChI is InChI=1S/C14H12N2.2ClH/c1(3-13-5-9-15-10-6-13)2-4-14-7-11-16-12-8-14;;/h1-12H;2*1H/b3-1-,4-2-;;. The van der Waals surface area contributed by atoms with Crippen molar-refractivity contribution in [3.8, 4) is 0 Å². The largest absolute Gasteiger partial charge is 0.265 e. The van der Waals surface area contributed by atoms with Gasteiger partial charge in [0.05, 0.1) is 0 Å². The summed E-state index contributed by atoms with van der Waals surface area (Å²) in [7, 11) is 0. The van der Waals surface area contributed by atoms with Crippen LogP contribution in [0.15, 0.2) is 61.2 Å². The van der Waals surface area contributed by atoms with Crippen LogP contribution in [-0.2, 0) is 0 Å². The molecule has 0 saturated carbocycles. The molecule has 0 atom stereocenters. The van der Waals surface area contributed by atoms with Crippen molar-refractivity contribution in [1.82, 2.24) is 9.97 Å². The summed E-state index contributed by atoms with van der Waals surface area (Å²) in [5.74, 6) is 0. The molecule has 18 heavy (non-hydrogen) atoms. The fourth-order valence-electron chi connectivity index (χ4n) is 1.28. The van der Waals surface area contributed by atoms with Gasteiger partial charge in [-0.3, -0.25) is 9.97 Å². The number of hydrogen-bond donors (Lipinski definition) is 0. The molecule has 0 aliphatic heterocycles. The number of aromatic nitrogens is 2. The van der Waals surface area contributed by atoms with E-state index in [1.165, 1.54) is 0 Å². The van der Waals surface area contributed by atoms with Crippen molar-refractivity contribution in [1.29, 1.82) is 0 Å². The Balaban J connectivity index is 0.00000144. The lowest BCUT2D eigenvalue weighted by Crippen LogP contribution is -1.72. The summed E-state index contributed by atoms with van der Waals surface area (Å²) in [4.78, 5) is 7.92. The number of hydrogen-bond acceptors (Lipinski definition) is 2. The first-order valence-electron chi connectivity index (χ1n) is 5.10. The second-order valence-corrected chi connectivity index (χ2v) is 3.28. The van der Waals surface area contributed by atoms with Crippen LogP contribution < -0.4 is 0 Å². The van der Waals surface area contributed by atoms with Gasteiger partial charge in [-0.25, -0.2) is 0 Å². The second-order valence-electron chi connectivity index (χ2n) is 3.28. The van der Waals surface area contributed by atoms with E-state index in [2.05, 4.69) is 9.97 Å². The molecule has 4 heteroatoms. The van der Waals surface area contributed by atoms with Gasteiger partial charge in [-0.15, -0.1) is 24.8 Å². The molecule has 0 aliphatic carbocycles. The summed E-state index contributed by atoms with van der Waals surface area (Å²) >= 11 is 0. The molecular weight excluding hydrogens is 267 g/mol. The zero-order valence-corrected chi connectivity index (χ0v) is 11.3. The molecular formula is C14H14Cl2N2. The first-order chi connectivity index (χ1) is 7.95. The Morgan fingerprint density at radius 2 is 0.944 bits per heavy atom. The van der Waals surface area contributed by atoms with E-state index in [1.807, 2.05) is 48.6 Å². The fraction of sp³-hybridized carbons (Fsp3) is 0. The van der Waals surface area contributed by atoms with Crippen LogP contribution in [0.4, 0.5) is 0 Å². The van der Waals surface area contributed by atoms with Crippen molar-refractivity contribution in [3.63, 3.8) is 0 Å². The molecule has 0 bridgehead atoms. The van der Waals surface area contributed by atoms with Crippen LogP contribution in [0.1, 0.15) is 11.1 Å². The third kappa shape index (κ3) is 5.62. The van der Waals surface area contributed by atoms with E-state index >= 15 is 0 Å². The normalized spacial score (nSPS) is 10.0. The van der Waals surface area contributed by atoms with Crippen molar-refractivity contribution < 1.29 is 0 Å². The molecule has 2 aromatic rings. The van der Waals surface area contributed by atoms with Gasteiger partial charge >= 0.3 is 0 Å². The van der Waals surface area contributed by atoms with Crippen LogP contribution in [0.5, 0.6) is 0 Å². The molecule has 0 amide bonds. The van der Waals surface area contributed by atoms with Crippen LogP contribution in [-0.4, -0.2) is 9.97 Å². The monoisotopic (exact) mass is 280 g/mol. The summed E-state index contributed by atoms with van der Waals surface area (Å²) in [5.41, 5.74) is 2.30. The van der Waals surface area contributed by atoms with Crippen molar-refractivity contribution in [2.24, 2.45) is 0 Å². The minimum absolute atomic E-state index is 0. The van der Waals surface area contributed by atoms with Crippen LogP contribution in [0.25, 0.3) is 12.2 Å². The highest BCUT2D eigenvalue weighted by atomic mass is 35.5. The summed E-state index contributed by atoms with van der Waals surface area (Å²) in [5, 5.41) is 0. The maximum atomic E-state index is 3.96. The average Bonchev–Trinajstić information content (AvgIpc) is 2.37. The number of nitrogens with zero attached hydrogens (tertiary/aromatic N) is 2. The molecule has 2 heterocycles. The van der Waals surface area contributed by atoms with E-state index in [9.17, 15) is 0 Å². The Bertz CT molecular complexity index is 434. The summed E-state index contributed by atoms with van der Waals surface area (Å²) < 4.78 is 0. The van der Waals surface area contributed by atoms with Crippen molar-refractivity contribution in [2.45, 2.75) is 0 Å². The van der Waals surface area contributed by atoms with Crippen molar-refractivity contribution in [2.75, 3.05) is 0 Å². The zero-order chi connectivity index (χ0) is 11.1. The Labute approximate surface area is 119 Å². The Hall–Kier alpha value is -1.64. The molecule has 0 aliphatic rings. The number of allylic oxidation sites excluding steroid dienone is 2. The quantitative estimate of drug-likeness (QED) is 0.793. The van der Waals surface area contributed by atoms with E-state index in [-0.39, 0.29) is 24.8 Å². The summed E-state index contributed by atoms with van der Waals surface area (Å²) in [6.45, 7) is 0. The van der Waals surface area contributed by atoms with Gasteiger partial charge in [-0.2, -0.15) is 0 Å². The average molecular weight is 281 g/mol. The van der Waals surface area contributed by atoms with Crippen LogP contribution >= 0.6 is 24.8 Å². The molecule has 2 rings (SSSR count). The Morgan fingerprint density at radius 1 is 0.611 bits per heavy atom. The molecule has 94 valence electrons. The van der Waals surface area contributed by atoms with Crippen molar-refractivity contribution >= 4 is 37.0 Å². The summed E-state index contributed by atoms with van der Waals surface area (Å²) in [6.07, 6.45) is 15.2. The van der Waals surface area contributed by atoms with Gasteiger partial charge < -0.3 is 0 Å². The lowest BCUT2D eigenvalue weighted by Gasteiger charge is -1.89. The first-order valence-corrected chi connectivity index (χ1v) is 5.10. The molecule has 0 spiro atoms. The molecule has 2 nitrogen and oxygen atoms in total. The molecule has 0 radical (unpaired) electrons. The maximum Gasteiger partial charge on any atom is 0.0273 e. The topological polar surface area (TPSA) is 25.8 Å². The molecule has 0 aromatic carbocycles. The lowest BCUT2D eigenvalue weighted by atomic mass is 10.2. The predicted octanol–water partition coefficient (Wildman–Crippen LogP) is 4.05. The third-order valence-electron chi connectivity index (χ3n) is 2.10. The molecule has 0 saturated heterocycles. The van der Waals surface area contributed by atoms with Gasteiger partial charge in [0.15, 0.2) is 0 Å². The highest BCUT2D eigenvalue weighted by Crippen LogP contribution is 2.02. The van der Waals surface area contributed by atoms with E-state index in [0.29, 0.717) is 0 Å². The van der Waals surface area contributed by atoms with Crippen LogP contribution in [0, 0.1) is 0 Å². The van der Waals surface area contributed by atoms with Crippen LogP contribution in [0.3, 0.4) is 0 Å². The van der Waals surface area contributed by atoms with Gasteiger partial charge in [0.2, 0.25) is 0 Å². The second kappa shape index (κ2) is 9.40. The maximum absolute atomic E-state index is 3.96. The van der Waals surface area contributed by atoms with Gasteiger partial charge in [0.25, 0.3) is 0 Å². The van der Waals surface area contributed by atoms with Gasteiger partial charge in [0.1, 0.15) is 0 Å². The minimum atomic E-state index is 0. The Kier molecular flexibility index (Phi) is 8.54.